The molecule has 6 heteroatoms. The summed E-state index contributed by atoms with van der Waals surface area (Å²) in [5.41, 5.74) is 2.56. The lowest BCUT2D eigenvalue weighted by atomic mass is 10.1. The maximum absolute atomic E-state index is 12.4. The van der Waals surface area contributed by atoms with E-state index in [9.17, 15) is 14.9 Å². The van der Waals surface area contributed by atoms with Gasteiger partial charge in [-0.1, -0.05) is 54.1 Å². The monoisotopic (exact) mass is 415 g/mol. The number of carbonyl (C=O) groups is 2. The maximum atomic E-state index is 12.4. The topological polar surface area (TPSA) is 82.0 Å². The van der Waals surface area contributed by atoms with Crippen LogP contribution in [-0.4, -0.2) is 11.8 Å². The van der Waals surface area contributed by atoms with Gasteiger partial charge in [-0.05, 0) is 53.6 Å². The van der Waals surface area contributed by atoms with Crippen LogP contribution in [-0.2, 0) is 11.3 Å². The lowest BCUT2D eigenvalue weighted by molar-refractivity contribution is -0.117. The van der Waals surface area contributed by atoms with Crippen molar-refractivity contribution < 1.29 is 9.59 Å². The van der Waals surface area contributed by atoms with Crippen LogP contribution < -0.4 is 10.6 Å². The summed E-state index contributed by atoms with van der Waals surface area (Å²) in [6.45, 7) is 0.329. The first-order valence-electron chi connectivity index (χ1n) is 9.16. The first kappa shape index (κ1) is 20.8. The molecule has 0 bridgehead atoms. The van der Waals surface area contributed by atoms with Crippen LogP contribution in [0.2, 0.25) is 5.02 Å². The third-order valence-corrected chi connectivity index (χ3v) is 4.47. The van der Waals surface area contributed by atoms with Crippen molar-refractivity contribution in [3.05, 3.63) is 106 Å². The van der Waals surface area contributed by atoms with Gasteiger partial charge >= 0.3 is 0 Å². The SMILES string of the molecule is N#C/C(=C\c1cccc(NC(=O)c2ccc(Cl)cc2)c1)C(=O)NCc1ccccc1. The highest BCUT2D eigenvalue weighted by atomic mass is 35.5. The van der Waals surface area contributed by atoms with Crippen LogP contribution in [0.4, 0.5) is 5.69 Å². The molecule has 3 rings (SSSR count). The summed E-state index contributed by atoms with van der Waals surface area (Å²) < 4.78 is 0. The molecule has 0 aliphatic rings. The molecule has 0 heterocycles. The number of amides is 2. The molecule has 0 unspecified atom stereocenters. The van der Waals surface area contributed by atoms with Crippen LogP contribution >= 0.6 is 11.6 Å². The molecule has 3 aromatic rings. The molecule has 30 heavy (non-hydrogen) atoms. The third-order valence-electron chi connectivity index (χ3n) is 4.22. The van der Waals surface area contributed by atoms with E-state index >= 15 is 0 Å². The molecule has 0 fully saturated rings. The largest absolute Gasteiger partial charge is 0.347 e. The highest BCUT2D eigenvalue weighted by Gasteiger charge is 2.10. The molecule has 0 atom stereocenters. The molecule has 0 spiro atoms. The van der Waals surface area contributed by atoms with Gasteiger partial charge in [-0.2, -0.15) is 5.26 Å². The van der Waals surface area contributed by atoms with Crippen LogP contribution in [0.5, 0.6) is 0 Å². The molecule has 0 aliphatic heterocycles. The minimum atomic E-state index is -0.461. The fraction of sp³-hybridized carbons (Fsp3) is 0.0417. The molecule has 0 saturated heterocycles. The summed E-state index contributed by atoms with van der Waals surface area (Å²) in [6.07, 6.45) is 1.48. The Morgan fingerprint density at radius 2 is 1.70 bits per heavy atom. The number of anilines is 1. The average Bonchev–Trinajstić information content (AvgIpc) is 2.77. The average molecular weight is 416 g/mol. The second-order valence-electron chi connectivity index (χ2n) is 6.42. The van der Waals surface area contributed by atoms with E-state index in [1.54, 1.807) is 48.5 Å². The van der Waals surface area contributed by atoms with Gasteiger partial charge in [0.15, 0.2) is 0 Å². The van der Waals surface area contributed by atoms with Gasteiger partial charge in [0.1, 0.15) is 11.6 Å². The number of carbonyl (C=O) groups excluding carboxylic acids is 2. The number of nitrogens with one attached hydrogen (secondary N) is 2. The Bertz CT molecular complexity index is 1120. The molecular weight excluding hydrogens is 398 g/mol. The zero-order valence-electron chi connectivity index (χ0n) is 15.9. The summed E-state index contributed by atoms with van der Waals surface area (Å²) in [7, 11) is 0. The molecule has 0 saturated carbocycles. The van der Waals surface area contributed by atoms with E-state index in [1.165, 1.54) is 6.08 Å². The minimum Gasteiger partial charge on any atom is -0.347 e. The predicted octanol–water partition coefficient (Wildman–Crippen LogP) is 4.82. The smallest absolute Gasteiger partial charge is 0.262 e. The highest BCUT2D eigenvalue weighted by molar-refractivity contribution is 6.30. The van der Waals surface area contributed by atoms with Crippen molar-refractivity contribution in [1.29, 1.82) is 5.26 Å². The van der Waals surface area contributed by atoms with Crippen molar-refractivity contribution >= 4 is 35.2 Å². The quantitative estimate of drug-likeness (QED) is 0.447. The molecule has 3 aromatic carbocycles. The van der Waals surface area contributed by atoms with Crippen LogP contribution in [0.25, 0.3) is 6.08 Å². The minimum absolute atomic E-state index is 0.0212. The molecule has 2 N–H and O–H groups in total. The number of nitrogens with zero attached hydrogens (tertiary/aromatic N) is 1. The standard InChI is InChI=1S/C24H18ClN3O2/c25-21-11-9-19(10-12-21)24(30)28-22-8-4-7-18(14-22)13-20(15-26)23(29)27-16-17-5-2-1-3-6-17/h1-14H,16H2,(H,27,29)(H,28,30)/b20-13+. The lowest BCUT2D eigenvalue weighted by Crippen LogP contribution is -2.23. The van der Waals surface area contributed by atoms with Gasteiger partial charge in [-0.15, -0.1) is 0 Å². The molecule has 0 radical (unpaired) electrons. The summed E-state index contributed by atoms with van der Waals surface area (Å²) in [5, 5.41) is 15.5. The number of hydrogen-bond acceptors (Lipinski definition) is 3. The van der Waals surface area contributed by atoms with Crippen LogP contribution in [0.15, 0.2) is 84.4 Å². The zero-order valence-corrected chi connectivity index (χ0v) is 16.7. The van der Waals surface area contributed by atoms with Crippen molar-refractivity contribution in [3.8, 4) is 6.07 Å². The second-order valence-corrected chi connectivity index (χ2v) is 6.86. The first-order chi connectivity index (χ1) is 14.5. The van der Waals surface area contributed by atoms with E-state index in [4.69, 9.17) is 11.6 Å². The van der Waals surface area contributed by atoms with Crippen molar-refractivity contribution in [3.63, 3.8) is 0 Å². The Balaban J connectivity index is 1.69. The van der Waals surface area contributed by atoms with Crippen LogP contribution in [0, 0.1) is 11.3 Å². The fourth-order valence-corrected chi connectivity index (χ4v) is 2.83. The van der Waals surface area contributed by atoms with E-state index in [0.717, 1.165) is 5.56 Å². The van der Waals surface area contributed by atoms with E-state index < -0.39 is 5.91 Å². The number of rotatable bonds is 6. The predicted molar refractivity (Wildman–Crippen MR) is 118 cm³/mol. The Labute approximate surface area is 179 Å². The van der Waals surface area contributed by atoms with Gasteiger partial charge in [-0.25, -0.2) is 0 Å². The van der Waals surface area contributed by atoms with E-state index in [1.807, 2.05) is 36.4 Å². The molecule has 0 aromatic heterocycles. The summed E-state index contributed by atoms with van der Waals surface area (Å²) in [6, 6.07) is 24.8. The fourth-order valence-electron chi connectivity index (χ4n) is 2.70. The van der Waals surface area contributed by atoms with Gasteiger partial charge in [-0.3, -0.25) is 9.59 Å². The van der Waals surface area contributed by atoms with E-state index in [2.05, 4.69) is 10.6 Å². The van der Waals surface area contributed by atoms with Gasteiger partial charge in [0, 0.05) is 22.8 Å². The molecule has 148 valence electrons. The maximum Gasteiger partial charge on any atom is 0.262 e. The van der Waals surface area contributed by atoms with Gasteiger partial charge < -0.3 is 10.6 Å². The normalized spacial score (nSPS) is 10.7. The van der Waals surface area contributed by atoms with Crippen molar-refractivity contribution in [1.82, 2.24) is 5.32 Å². The van der Waals surface area contributed by atoms with Crippen molar-refractivity contribution in [2.75, 3.05) is 5.32 Å². The number of nitriles is 1. The Hall–Kier alpha value is -3.88. The van der Waals surface area contributed by atoms with Crippen LogP contribution in [0.1, 0.15) is 21.5 Å². The summed E-state index contributed by atoms with van der Waals surface area (Å²) in [4.78, 5) is 24.7. The van der Waals surface area contributed by atoms with Gasteiger partial charge in [0.2, 0.25) is 0 Å². The molecule has 0 aliphatic carbocycles. The number of benzene rings is 3. The Kier molecular flexibility index (Phi) is 6.99. The van der Waals surface area contributed by atoms with E-state index in [0.29, 0.717) is 28.4 Å². The van der Waals surface area contributed by atoms with Crippen molar-refractivity contribution in [2.24, 2.45) is 0 Å². The summed E-state index contributed by atoms with van der Waals surface area (Å²) in [5.74, 6) is -0.745. The first-order valence-corrected chi connectivity index (χ1v) is 9.54. The number of halogens is 1. The summed E-state index contributed by atoms with van der Waals surface area (Å²) >= 11 is 5.85. The lowest BCUT2D eigenvalue weighted by Gasteiger charge is -2.07. The van der Waals surface area contributed by atoms with Crippen molar-refractivity contribution in [2.45, 2.75) is 6.54 Å². The number of hydrogen-bond donors (Lipinski definition) is 2. The second kappa shape index (κ2) is 10.1. The van der Waals surface area contributed by atoms with Gasteiger partial charge in [0.05, 0.1) is 0 Å². The Morgan fingerprint density at radius 1 is 0.967 bits per heavy atom. The third kappa shape index (κ3) is 5.81. The molecular formula is C24H18ClN3O2. The molecule has 5 nitrogen and oxygen atoms in total. The van der Waals surface area contributed by atoms with Gasteiger partial charge in [0.25, 0.3) is 11.8 Å². The zero-order chi connectivity index (χ0) is 21.3. The highest BCUT2D eigenvalue weighted by Crippen LogP contribution is 2.16. The molecule has 2 amide bonds. The Morgan fingerprint density at radius 3 is 2.40 bits per heavy atom. The van der Waals surface area contributed by atoms with Crippen LogP contribution in [0.3, 0.4) is 0 Å². The van der Waals surface area contributed by atoms with E-state index in [-0.39, 0.29) is 11.5 Å².